The van der Waals surface area contributed by atoms with E-state index in [0.29, 0.717) is 15.9 Å². The summed E-state index contributed by atoms with van der Waals surface area (Å²) >= 11 is 1.27. The maximum absolute atomic E-state index is 12.1. The van der Waals surface area contributed by atoms with Crippen LogP contribution in [-0.4, -0.2) is 22.0 Å². The summed E-state index contributed by atoms with van der Waals surface area (Å²) in [6.07, 6.45) is 8.15. The van der Waals surface area contributed by atoms with Gasteiger partial charge in [-0.3, -0.25) is 4.79 Å². The van der Waals surface area contributed by atoms with Gasteiger partial charge < -0.3 is 10.4 Å². The van der Waals surface area contributed by atoms with Crippen LogP contribution in [-0.2, 0) is 9.59 Å². The van der Waals surface area contributed by atoms with Crippen LogP contribution in [0.3, 0.4) is 0 Å². The van der Waals surface area contributed by atoms with E-state index >= 15 is 0 Å². The second kappa shape index (κ2) is 6.65. The molecule has 20 heavy (non-hydrogen) atoms. The summed E-state index contributed by atoms with van der Waals surface area (Å²) in [6.45, 7) is 2.22. The molecule has 2 N–H and O–H groups in total. The highest BCUT2D eigenvalue weighted by molar-refractivity contribution is 7.16. The molecule has 1 fully saturated rings. The Hall–Kier alpha value is -1.69. The average Bonchev–Trinajstić information content (AvgIpc) is 2.84. The van der Waals surface area contributed by atoms with Crippen LogP contribution in [0.5, 0.6) is 0 Å². The van der Waals surface area contributed by atoms with Crippen LogP contribution in [0, 0.1) is 11.8 Å². The monoisotopic (exact) mass is 294 g/mol. The van der Waals surface area contributed by atoms with Crippen molar-refractivity contribution in [1.82, 2.24) is 4.98 Å². The van der Waals surface area contributed by atoms with E-state index in [1.807, 2.05) is 0 Å². The number of aliphatic carboxylic acids is 1. The molecule has 5 nitrogen and oxygen atoms in total. The van der Waals surface area contributed by atoms with Crippen LogP contribution in [0.2, 0.25) is 0 Å². The van der Waals surface area contributed by atoms with Gasteiger partial charge in [0.2, 0.25) is 5.91 Å². The van der Waals surface area contributed by atoms with Gasteiger partial charge in [-0.05, 0) is 37.7 Å². The first-order valence-corrected chi connectivity index (χ1v) is 7.54. The molecular weight excluding hydrogens is 276 g/mol. The zero-order valence-electron chi connectivity index (χ0n) is 11.3. The van der Waals surface area contributed by atoms with Gasteiger partial charge in [-0.15, -0.1) is 0 Å². The molecule has 0 unspecified atom stereocenters. The highest BCUT2D eigenvalue weighted by Crippen LogP contribution is 2.29. The van der Waals surface area contributed by atoms with Crippen molar-refractivity contribution in [2.24, 2.45) is 11.8 Å². The lowest BCUT2D eigenvalue weighted by atomic mass is 9.82. The van der Waals surface area contributed by atoms with Crippen LogP contribution in [0.25, 0.3) is 6.08 Å². The maximum atomic E-state index is 12.1. The van der Waals surface area contributed by atoms with Crippen LogP contribution >= 0.6 is 11.3 Å². The molecule has 0 saturated heterocycles. The summed E-state index contributed by atoms with van der Waals surface area (Å²) in [4.78, 5) is 27.3. The quantitative estimate of drug-likeness (QED) is 0.837. The minimum absolute atomic E-state index is 0.0278. The van der Waals surface area contributed by atoms with Crippen molar-refractivity contribution in [3.63, 3.8) is 0 Å². The molecule has 6 heteroatoms. The van der Waals surface area contributed by atoms with Crippen molar-refractivity contribution in [2.75, 3.05) is 5.32 Å². The number of hydrogen-bond donors (Lipinski definition) is 2. The number of carbonyl (C=O) groups excluding carboxylic acids is 1. The first kappa shape index (κ1) is 14.7. The topological polar surface area (TPSA) is 79.3 Å². The fourth-order valence-electron chi connectivity index (χ4n) is 2.30. The van der Waals surface area contributed by atoms with Gasteiger partial charge in [0.05, 0.1) is 0 Å². The molecule has 1 aromatic rings. The van der Waals surface area contributed by atoms with Gasteiger partial charge in [0, 0.05) is 23.1 Å². The molecule has 1 aliphatic rings. The van der Waals surface area contributed by atoms with Crippen molar-refractivity contribution in [1.29, 1.82) is 0 Å². The molecule has 0 bridgehead atoms. The summed E-state index contributed by atoms with van der Waals surface area (Å²) in [6, 6.07) is 0. The van der Waals surface area contributed by atoms with Crippen molar-refractivity contribution in [3.05, 3.63) is 17.2 Å². The summed E-state index contributed by atoms with van der Waals surface area (Å²) in [5.41, 5.74) is 0. The zero-order valence-corrected chi connectivity index (χ0v) is 12.2. The van der Waals surface area contributed by atoms with E-state index in [1.165, 1.54) is 17.4 Å². The van der Waals surface area contributed by atoms with Gasteiger partial charge in [0.25, 0.3) is 0 Å². The molecule has 0 spiro atoms. The Balaban J connectivity index is 1.90. The minimum Gasteiger partial charge on any atom is -0.478 e. The number of aromatic nitrogens is 1. The predicted molar refractivity (Wildman–Crippen MR) is 78.5 cm³/mol. The highest BCUT2D eigenvalue weighted by atomic mass is 32.1. The Bertz CT molecular complexity index is 516. The second-order valence-corrected chi connectivity index (χ2v) is 6.25. The minimum atomic E-state index is -1.000. The molecule has 0 aliphatic heterocycles. The number of thiazole rings is 1. The zero-order chi connectivity index (χ0) is 14.5. The molecule has 1 saturated carbocycles. The average molecular weight is 294 g/mol. The third-order valence-electron chi connectivity index (χ3n) is 3.53. The Morgan fingerprint density at radius 2 is 2.10 bits per heavy atom. The van der Waals surface area contributed by atoms with Gasteiger partial charge in [-0.25, -0.2) is 9.78 Å². The smallest absolute Gasteiger partial charge is 0.328 e. The maximum Gasteiger partial charge on any atom is 0.328 e. The van der Waals surface area contributed by atoms with Crippen LogP contribution < -0.4 is 5.32 Å². The number of nitrogens with zero attached hydrogens (tertiary/aromatic N) is 1. The molecule has 1 aromatic heterocycles. The van der Waals surface area contributed by atoms with E-state index < -0.39 is 5.97 Å². The Kier molecular flexibility index (Phi) is 4.89. The number of rotatable bonds is 4. The summed E-state index contributed by atoms with van der Waals surface area (Å²) in [5.74, 6) is -0.180. The highest BCUT2D eigenvalue weighted by Gasteiger charge is 2.24. The third-order valence-corrected chi connectivity index (χ3v) is 4.41. The third kappa shape index (κ3) is 4.16. The number of carboxylic acids is 1. The van der Waals surface area contributed by atoms with Crippen molar-refractivity contribution < 1.29 is 14.7 Å². The van der Waals surface area contributed by atoms with E-state index in [0.717, 1.165) is 31.8 Å². The number of carbonyl (C=O) groups is 2. The van der Waals surface area contributed by atoms with Gasteiger partial charge in [0.1, 0.15) is 0 Å². The number of nitrogens with one attached hydrogen (secondary N) is 1. The molecule has 1 heterocycles. The lowest BCUT2D eigenvalue weighted by molar-refractivity contribution is -0.131. The van der Waals surface area contributed by atoms with Crippen LogP contribution in [0.15, 0.2) is 12.3 Å². The summed E-state index contributed by atoms with van der Waals surface area (Å²) in [7, 11) is 0. The Morgan fingerprint density at radius 1 is 1.40 bits per heavy atom. The van der Waals surface area contributed by atoms with Gasteiger partial charge in [0.15, 0.2) is 5.13 Å². The van der Waals surface area contributed by atoms with E-state index in [9.17, 15) is 9.59 Å². The Labute approximate surface area is 121 Å². The standard InChI is InChI=1S/C14H18N2O3S/c1-9-2-4-10(5-3-9)13(19)16-14-15-8-11(20-14)6-7-12(17)18/h6-10H,2-5H2,1H3,(H,17,18)(H,15,16,19)/b7-6+. The number of amides is 1. The molecule has 1 aliphatic carbocycles. The van der Waals surface area contributed by atoms with Crippen molar-refractivity contribution in [3.8, 4) is 0 Å². The molecule has 1 amide bonds. The van der Waals surface area contributed by atoms with E-state index in [2.05, 4.69) is 17.2 Å². The number of hydrogen-bond acceptors (Lipinski definition) is 4. The fourth-order valence-corrected chi connectivity index (χ4v) is 3.03. The fraction of sp³-hybridized carbons (Fsp3) is 0.500. The summed E-state index contributed by atoms with van der Waals surface area (Å²) in [5, 5.41) is 11.9. The normalized spacial score (nSPS) is 22.9. The molecule has 0 aromatic carbocycles. The van der Waals surface area contributed by atoms with Crippen LogP contribution in [0.4, 0.5) is 5.13 Å². The first-order chi connectivity index (χ1) is 9.54. The first-order valence-electron chi connectivity index (χ1n) is 6.72. The van der Waals surface area contributed by atoms with Crippen LogP contribution in [0.1, 0.15) is 37.5 Å². The largest absolute Gasteiger partial charge is 0.478 e. The molecule has 0 atom stereocenters. The lowest BCUT2D eigenvalue weighted by Crippen LogP contribution is -2.26. The Morgan fingerprint density at radius 3 is 2.75 bits per heavy atom. The van der Waals surface area contributed by atoms with Crippen molar-refractivity contribution in [2.45, 2.75) is 32.6 Å². The molecular formula is C14H18N2O3S. The number of anilines is 1. The summed E-state index contributed by atoms with van der Waals surface area (Å²) < 4.78 is 0. The lowest BCUT2D eigenvalue weighted by Gasteiger charge is -2.24. The SMILES string of the molecule is CC1CCC(C(=O)Nc2ncc(/C=C/C(=O)O)s2)CC1. The van der Waals surface area contributed by atoms with Crippen molar-refractivity contribution >= 4 is 34.4 Å². The van der Waals surface area contributed by atoms with Gasteiger partial charge >= 0.3 is 5.97 Å². The predicted octanol–water partition coefficient (Wildman–Crippen LogP) is 3.01. The van der Waals surface area contributed by atoms with E-state index in [1.54, 1.807) is 6.20 Å². The van der Waals surface area contributed by atoms with Gasteiger partial charge in [-0.1, -0.05) is 18.3 Å². The van der Waals surface area contributed by atoms with E-state index in [-0.39, 0.29) is 11.8 Å². The molecule has 2 rings (SSSR count). The van der Waals surface area contributed by atoms with E-state index in [4.69, 9.17) is 5.11 Å². The number of carboxylic acid groups (broad SMARTS) is 1. The molecule has 108 valence electrons. The molecule has 0 radical (unpaired) electrons. The second-order valence-electron chi connectivity index (χ2n) is 5.19. The van der Waals surface area contributed by atoms with Gasteiger partial charge in [-0.2, -0.15) is 0 Å².